The van der Waals surface area contributed by atoms with Crippen molar-refractivity contribution in [3.05, 3.63) is 65.9 Å². The average Bonchev–Trinajstić information content (AvgIpc) is 3.08. The number of hydrogen-bond acceptors (Lipinski definition) is 3. The van der Waals surface area contributed by atoms with Crippen LogP contribution < -0.4 is 10.1 Å². The van der Waals surface area contributed by atoms with Gasteiger partial charge in [0.25, 0.3) is 0 Å². The fraction of sp³-hybridized carbons (Fsp3) is 0.385. The summed E-state index contributed by atoms with van der Waals surface area (Å²) >= 11 is 0. The van der Waals surface area contributed by atoms with Crippen LogP contribution in [0.3, 0.4) is 0 Å². The predicted octanol–water partition coefficient (Wildman–Crippen LogP) is 3.81. The molecule has 2 amide bonds. The first-order valence-corrected chi connectivity index (χ1v) is 11.5. The van der Waals surface area contributed by atoms with E-state index in [1.165, 1.54) is 0 Å². The summed E-state index contributed by atoms with van der Waals surface area (Å²) in [6, 6.07) is 16.1. The van der Waals surface area contributed by atoms with Gasteiger partial charge in [0.15, 0.2) is 0 Å². The molecule has 0 unspecified atom stereocenters. The third-order valence-electron chi connectivity index (χ3n) is 6.73. The number of benzene rings is 2. The zero-order valence-corrected chi connectivity index (χ0v) is 18.2. The number of amides is 2. The molecule has 2 aromatic carbocycles. The Kier molecular flexibility index (Phi) is 5.84. The molecule has 5 rings (SSSR count). The molecule has 0 saturated heterocycles. The molecular weight excluding hydrogens is 402 g/mol. The van der Waals surface area contributed by atoms with Gasteiger partial charge < -0.3 is 19.9 Å². The Balaban J connectivity index is 1.13. The molecule has 166 valence electrons. The molecule has 0 atom stereocenters. The summed E-state index contributed by atoms with van der Waals surface area (Å²) in [6.45, 7) is 1.76. The molecule has 2 N–H and O–H groups in total. The van der Waals surface area contributed by atoms with Crippen molar-refractivity contribution in [1.29, 1.82) is 0 Å². The lowest BCUT2D eigenvalue weighted by molar-refractivity contribution is -0.137. The minimum absolute atomic E-state index is 0.0297. The number of fused-ring (bicyclic) bond motifs is 2. The van der Waals surface area contributed by atoms with Crippen LogP contribution >= 0.6 is 0 Å². The predicted molar refractivity (Wildman–Crippen MR) is 123 cm³/mol. The number of aromatic nitrogens is 1. The Morgan fingerprint density at radius 2 is 1.81 bits per heavy atom. The summed E-state index contributed by atoms with van der Waals surface area (Å²) in [7, 11) is 0. The van der Waals surface area contributed by atoms with Gasteiger partial charge in [0, 0.05) is 41.2 Å². The molecule has 1 fully saturated rings. The number of carbonyl (C=O) groups excluding carboxylic acids is 2. The van der Waals surface area contributed by atoms with Crippen molar-refractivity contribution in [2.75, 3.05) is 13.2 Å². The summed E-state index contributed by atoms with van der Waals surface area (Å²) < 4.78 is 5.80. The zero-order valence-electron chi connectivity index (χ0n) is 18.2. The highest BCUT2D eigenvalue weighted by molar-refractivity contribution is 5.89. The Morgan fingerprint density at radius 1 is 1.03 bits per heavy atom. The monoisotopic (exact) mass is 431 g/mol. The molecule has 6 nitrogen and oxygen atoms in total. The smallest absolute Gasteiger partial charge is 0.226 e. The van der Waals surface area contributed by atoms with E-state index in [9.17, 15) is 9.59 Å². The van der Waals surface area contributed by atoms with Crippen molar-refractivity contribution in [2.45, 2.75) is 44.7 Å². The number of carbonyl (C=O) groups is 2. The first kappa shape index (κ1) is 20.6. The van der Waals surface area contributed by atoms with Crippen LogP contribution in [0.5, 0.6) is 5.75 Å². The van der Waals surface area contributed by atoms with E-state index >= 15 is 0 Å². The number of ether oxygens (including phenoxy) is 1. The van der Waals surface area contributed by atoms with Crippen LogP contribution in [0.4, 0.5) is 0 Å². The molecule has 1 saturated carbocycles. The van der Waals surface area contributed by atoms with Gasteiger partial charge >= 0.3 is 0 Å². The zero-order chi connectivity index (χ0) is 21.9. The SMILES string of the molecule is O=C(Cc1c[nH]c2ccccc12)NC1CCC(C(=O)N2CCOc3ccccc3C2)CC1. The fourth-order valence-electron chi connectivity index (χ4n) is 4.99. The van der Waals surface area contributed by atoms with Crippen molar-refractivity contribution in [3.63, 3.8) is 0 Å². The Morgan fingerprint density at radius 3 is 2.69 bits per heavy atom. The molecule has 0 radical (unpaired) electrons. The summed E-state index contributed by atoms with van der Waals surface area (Å²) in [4.78, 5) is 30.9. The molecular formula is C26H29N3O3. The Bertz CT molecular complexity index is 1110. The van der Waals surface area contributed by atoms with Gasteiger partial charge in [-0.2, -0.15) is 0 Å². The van der Waals surface area contributed by atoms with Crippen molar-refractivity contribution in [1.82, 2.24) is 15.2 Å². The molecule has 3 aromatic rings. The lowest BCUT2D eigenvalue weighted by Gasteiger charge is -2.32. The molecule has 2 heterocycles. The van der Waals surface area contributed by atoms with E-state index in [4.69, 9.17) is 4.74 Å². The van der Waals surface area contributed by atoms with Gasteiger partial charge in [-0.05, 0) is 43.4 Å². The second-order valence-electron chi connectivity index (χ2n) is 8.87. The highest BCUT2D eigenvalue weighted by atomic mass is 16.5. The van der Waals surface area contributed by atoms with Crippen LogP contribution in [-0.2, 0) is 22.6 Å². The van der Waals surface area contributed by atoms with Gasteiger partial charge in [-0.3, -0.25) is 9.59 Å². The minimum Gasteiger partial charge on any atom is -0.491 e. The van der Waals surface area contributed by atoms with E-state index < -0.39 is 0 Å². The largest absolute Gasteiger partial charge is 0.491 e. The fourth-order valence-corrected chi connectivity index (χ4v) is 4.99. The molecule has 1 aliphatic carbocycles. The number of H-pyrrole nitrogens is 1. The second-order valence-corrected chi connectivity index (χ2v) is 8.87. The lowest BCUT2D eigenvalue weighted by Crippen LogP contribution is -2.43. The van der Waals surface area contributed by atoms with Crippen LogP contribution in [-0.4, -0.2) is 40.9 Å². The number of para-hydroxylation sites is 2. The van der Waals surface area contributed by atoms with Crippen LogP contribution in [0.25, 0.3) is 10.9 Å². The summed E-state index contributed by atoms with van der Waals surface area (Å²) in [6.07, 6.45) is 5.61. The maximum absolute atomic E-state index is 13.2. The first-order chi connectivity index (χ1) is 15.7. The highest BCUT2D eigenvalue weighted by Gasteiger charge is 2.31. The quantitative estimate of drug-likeness (QED) is 0.660. The lowest BCUT2D eigenvalue weighted by atomic mass is 9.85. The third-order valence-corrected chi connectivity index (χ3v) is 6.73. The van der Waals surface area contributed by atoms with E-state index in [-0.39, 0.29) is 23.8 Å². The summed E-state index contributed by atoms with van der Waals surface area (Å²) in [5, 5.41) is 4.28. The van der Waals surface area contributed by atoms with E-state index in [1.807, 2.05) is 59.6 Å². The van der Waals surface area contributed by atoms with Crippen LogP contribution in [0.1, 0.15) is 36.8 Å². The molecule has 32 heavy (non-hydrogen) atoms. The van der Waals surface area contributed by atoms with Crippen molar-refractivity contribution in [2.24, 2.45) is 5.92 Å². The van der Waals surface area contributed by atoms with Crippen molar-refractivity contribution >= 4 is 22.7 Å². The normalized spacial score (nSPS) is 20.8. The molecule has 2 aliphatic rings. The number of aromatic amines is 1. The maximum atomic E-state index is 13.2. The van der Waals surface area contributed by atoms with Crippen LogP contribution in [0, 0.1) is 5.92 Å². The van der Waals surface area contributed by atoms with Crippen LogP contribution in [0.15, 0.2) is 54.7 Å². The number of hydrogen-bond donors (Lipinski definition) is 2. The molecule has 6 heteroatoms. The molecule has 1 aliphatic heterocycles. The van der Waals surface area contributed by atoms with Crippen LogP contribution in [0.2, 0.25) is 0 Å². The highest BCUT2D eigenvalue weighted by Crippen LogP contribution is 2.29. The summed E-state index contributed by atoms with van der Waals surface area (Å²) in [5.74, 6) is 1.17. The average molecular weight is 432 g/mol. The van der Waals surface area contributed by atoms with Gasteiger partial charge in [0.2, 0.25) is 11.8 Å². The Hall–Kier alpha value is -3.28. The number of nitrogens with zero attached hydrogens (tertiary/aromatic N) is 1. The first-order valence-electron chi connectivity index (χ1n) is 11.5. The second kappa shape index (κ2) is 9.07. The molecule has 0 spiro atoms. The molecule has 0 bridgehead atoms. The topological polar surface area (TPSA) is 74.4 Å². The third kappa shape index (κ3) is 4.35. The number of nitrogens with one attached hydrogen (secondary N) is 2. The van der Waals surface area contributed by atoms with Gasteiger partial charge in [-0.1, -0.05) is 36.4 Å². The van der Waals surface area contributed by atoms with Gasteiger partial charge in [0.1, 0.15) is 12.4 Å². The standard InChI is InChI=1S/C26H29N3O3/c30-25(15-20-16-27-23-7-3-2-6-22(20)23)28-21-11-9-18(10-12-21)26(31)29-13-14-32-24-8-4-1-5-19(24)17-29/h1-8,16,18,21,27H,9-15,17H2,(H,28,30). The van der Waals surface area contributed by atoms with Gasteiger partial charge in [-0.15, -0.1) is 0 Å². The van der Waals surface area contributed by atoms with Crippen molar-refractivity contribution in [3.8, 4) is 5.75 Å². The Labute approximate surface area is 187 Å². The molecule has 1 aromatic heterocycles. The van der Waals surface area contributed by atoms with E-state index in [0.29, 0.717) is 26.1 Å². The van der Waals surface area contributed by atoms with E-state index in [2.05, 4.69) is 10.3 Å². The van der Waals surface area contributed by atoms with Crippen molar-refractivity contribution < 1.29 is 14.3 Å². The van der Waals surface area contributed by atoms with E-state index in [0.717, 1.165) is 53.5 Å². The van der Waals surface area contributed by atoms with E-state index in [1.54, 1.807) is 0 Å². The summed E-state index contributed by atoms with van der Waals surface area (Å²) in [5.41, 5.74) is 3.14. The maximum Gasteiger partial charge on any atom is 0.226 e. The minimum atomic E-state index is 0.0297. The van der Waals surface area contributed by atoms with Gasteiger partial charge in [0.05, 0.1) is 13.0 Å². The number of rotatable bonds is 4. The van der Waals surface area contributed by atoms with Gasteiger partial charge in [-0.25, -0.2) is 0 Å².